The molecule has 0 saturated carbocycles. The second-order valence-electron chi connectivity index (χ2n) is 5.13. The average Bonchev–Trinajstić information content (AvgIpc) is 2.41. The van der Waals surface area contributed by atoms with Gasteiger partial charge in [-0.1, -0.05) is 35.9 Å². The molecule has 0 saturated heterocycles. The molecule has 1 atom stereocenters. The van der Waals surface area contributed by atoms with Crippen LogP contribution >= 0.6 is 0 Å². The molecular weight excluding hydrogens is 248 g/mol. The Morgan fingerprint density at radius 3 is 2.55 bits per heavy atom. The smallest absolute Gasteiger partial charge is 0.252 e. The molecule has 0 radical (unpaired) electrons. The van der Waals surface area contributed by atoms with Crippen LogP contribution in [0.15, 0.2) is 42.5 Å². The van der Waals surface area contributed by atoms with Crippen LogP contribution in [0.4, 0.5) is 5.69 Å². The van der Waals surface area contributed by atoms with E-state index in [0.29, 0.717) is 11.3 Å². The number of nitrogen functional groups attached to an aromatic ring is 1. The number of carbonyl (C=O) groups is 1. The Morgan fingerprint density at radius 2 is 1.85 bits per heavy atom. The average molecular weight is 268 g/mol. The molecule has 3 N–H and O–H groups in total. The van der Waals surface area contributed by atoms with Crippen molar-refractivity contribution in [3.63, 3.8) is 0 Å². The summed E-state index contributed by atoms with van der Waals surface area (Å²) in [5.74, 6) is -0.0937. The minimum Gasteiger partial charge on any atom is -0.398 e. The van der Waals surface area contributed by atoms with E-state index < -0.39 is 0 Å². The first-order chi connectivity index (χ1) is 9.49. The van der Waals surface area contributed by atoms with Crippen molar-refractivity contribution in [3.8, 4) is 0 Å². The van der Waals surface area contributed by atoms with E-state index in [1.807, 2.05) is 39.0 Å². The third kappa shape index (κ3) is 2.99. The van der Waals surface area contributed by atoms with Gasteiger partial charge < -0.3 is 11.1 Å². The van der Waals surface area contributed by atoms with Crippen molar-refractivity contribution in [2.24, 2.45) is 0 Å². The third-order valence-corrected chi connectivity index (χ3v) is 3.51. The molecule has 0 aliphatic rings. The number of nitrogens with two attached hydrogens (primary N) is 1. The van der Waals surface area contributed by atoms with Gasteiger partial charge in [-0.05, 0) is 44.0 Å². The Labute approximate surface area is 119 Å². The van der Waals surface area contributed by atoms with E-state index >= 15 is 0 Å². The van der Waals surface area contributed by atoms with E-state index in [1.54, 1.807) is 18.2 Å². The monoisotopic (exact) mass is 268 g/mol. The predicted octanol–water partition coefficient (Wildman–Crippen LogP) is 3.38. The Morgan fingerprint density at radius 1 is 1.15 bits per heavy atom. The molecule has 3 heteroatoms. The fourth-order valence-corrected chi connectivity index (χ4v) is 2.20. The molecule has 0 aliphatic heterocycles. The number of anilines is 1. The highest BCUT2D eigenvalue weighted by Gasteiger charge is 2.14. The Hall–Kier alpha value is -2.29. The van der Waals surface area contributed by atoms with Crippen molar-refractivity contribution < 1.29 is 4.79 Å². The molecule has 0 spiro atoms. The first kappa shape index (κ1) is 14.1. The molecule has 2 rings (SSSR count). The molecule has 0 fully saturated rings. The maximum absolute atomic E-state index is 12.3. The van der Waals surface area contributed by atoms with Gasteiger partial charge in [0.05, 0.1) is 6.04 Å². The van der Waals surface area contributed by atoms with Gasteiger partial charge in [0.2, 0.25) is 0 Å². The zero-order valence-electron chi connectivity index (χ0n) is 12.1. The lowest BCUT2D eigenvalue weighted by Gasteiger charge is -2.16. The van der Waals surface area contributed by atoms with E-state index in [0.717, 1.165) is 11.1 Å². The molecular formula is C17H20N2O. The van der Waals surface area contributed by atoms with Crippen molar-refractivity contribution in [2.75, 3.05) is 5.73 Å². The van der Waals surface area contributed by atoms with E-state index in [-0.39, 0.29) is 11.9 Å². The largest absolute Gasteiger partial charge is 0.398 e. The maximum Gasteiger partial charge on any atom is 0.252 e. The zero-order chi connectivity index (χ0) is 14.7. The van der Waals surface area contributed by atoms with Gasteiger partial charge in [-0.2, -0.15) is 0 Å². The van der Waals surface area contributed by atoms with Crippen molar-refractivity contribution in [1.29, 1.82) is 0 Å². The molecule has 0 heterocycles. The van der Waals surface area contributed by atoms with Crippen LogP contribution < -0.4 is 11.1 Å². The van der Waals surface area contributed by atoms with Crippen molar-refractivity contribution >= 4 is 11.6 Å². The number of benzene rings is 2. The van der Waals surface area contributed by atoms with Crippen molar-refractivity contribution in [1.82, 2.24) is 5.32 Å². The Balaban J connectivity index is 2.17. The van der Waals surface area contributed by atoms with Crippen LogP contribution in [0.1, 0.15) is 40.0 Å². The van der Waals surface area contributed by atoms with E-state index in [1.165, 1.54) is 5.56 Å². The fraction of sp³-hybridized carbons (Fsp3) is 0.235. The van der Waals surface area contributed by atoms with Gasteiger partial charge in [0, 0.05) is 11.3 Å². The molecule has 3 nitrogen and oxygen atoms in total. The number of nitrogens with one attached hydrogen (secondary N) is 1. The Kier molecular flexibility index (Phi) is 4.08. The van der Waals surface area contributed by atoms with Crippen LogP contribution in [0, 0.1) is 13.8 Å². The van der Waals surface area contributed by atoms with Crippen LogP contribution in [-0.2, 0) is 0 Å². The molecule has 0 unspecified atom stereocenters. The number of amides is 1. The quantitative estimate of drug-likeness (QED) is 0.838. The van der Waals surface area contributed by atoms with Gasteiger partial charge in [-0.3, -0.25) is 4.79 Å². The summed E-state index contributed by atoms with van der Waals surface area (Å²) in [6, 6.07) is 13.5. The minimum absolute atomic E-state index is 0.0387. The molecule has 104 valence electrons. The lowest BCUT2D eigenvalue weighted by atomic mass is 10.0. The lowest BCUT2D eigenvalue weighted by Crippen LogP contribution is -2.27. The van der Waals surface area contributed by atoms with Gasteiger partial charge in [0.25, 0.3) is 5.91 Å². The molecule has 20 heavy (non-hydrogen) atoms. The van der Waals surface area contributed by atoms with Gasteiger partial charge in [-0.25, -0.2) is 0 Å². The molecule has 0 aromatic heterocycles. The van der Waals surface area contributed by atoms with Gasteiger partial charge in [0.15, 0.2) is 0 Å². The molecule has 0 aliphatic carbocycles. The van der Waals surface area contributed by atoms with Crippen LogP contribution in [0.3, 0.4) is 0 Å². The van der Waals surface area contributed by atoms with Crippen LogP contribution in [0.5, 0.6) is 0 Å². The number of hydrogen-bond donors (Lipinski definition) is 2. The van der Waals surface area contributed by atoms with Gasteiger partial charge in [-0.15, -0.1) is 0 Å². The van der Waals surface area contributed by atoms with Crippen LogP contribution in [-0.4, -0.2) is 5.91 Å². The lowest BCUT2D eigenvalue weighted by molar-refractivity contribution is 0.0939. The Bertz CT molecular complexity index is 635. The summed E-state index contributed by atoms with van der Waals surface area (Å²) in [6.07, 6.45) is 0. The molecule has 2 aromatic carbocycles. The number of aryl methyl sites for hydroxylation is 1. The van der Waals surface area contributed by atoms with Crippen molar-refractivity contribution in [3.05, 3.63) is 64.7 Å². The third-order valence-electron chi connectivity index (χ3n) is 3.51. The highest BCUT2D eigenvalue weighted by Crippen LogP contribution is 2.18. The zero-order valence-corrected chi connectivity index (χ0v) is 12.1. The summed E-state index contributed by atoms with van der Waals surface area (Å²) >= 11 is 0. The first-order valence-corrected chi connectivity index (χ1v) is 6.71. The molecule has 1 amide bonds. The number of rotatable bonds is 3. The van der Waals surface area contributed by atoms with E-state index in [4.69, 9.17) is 5.73 Å². The maximum atomic E-state index is 12.3. The SMILES string of the molecule is Cc1cccc([C@H](C)NC(=O)c2cccc(N)c2C)c1. The standard InChI is InChI=1S/C17H20N2O/c1-11-6-4-7-14(10-11)13(3)19-17(20)15-8-5-9-16(18)12(15)2/h4-10,13H,18H2,1-3H3,(H,19,20)/t13-/m0/s1. The van der Waals surface area contributed by atoms with Crippen LogP contribution in [0.2, 0.25) is 0 Å². The second kappa shape index (κ2) is 5.78. The highest BCUT2D eigenvalue weighted by atomic mass is 16.1. The number of hydrogen-bond acceptors (Lipinski definition) is 2. The van der Waals surface area contributed by atoms with Crippen molar-refractivity contribution in [2.45, 2.75) is 26.8 Å². The molecule has 2 aromatic rings. The second-order valence-corrected chi connectivity index (χ2v) is 5.13. The summed E-state index contributed by atoms with van der Waals surface area (Å²) in [6.45, 7) is 5.88. The fourth-order valence-electron chi connectivity index (χ4n) is 2.20. The summed E-state index contributed by atoms with van der Waals surface area (Å²) in [5, 5.41) is 3.01. The highest BCUT2D eigenvalue weighted by molar-refractivity contribution is 5.97. The topological polar surface area (TPSA) is 55.1 Å². The first-order valence-electron chi connectivity index (χ1n) is 6.71. The van der Waals surface area contributed by atoms with Crippen LogP contribution in [0.25, 0.3) is 0 Å². The summed E-state index contributed by atoms with van der Waals surface area (Å²) in [4.78, 5) is 12.3. The molecule has 0 bridgehead atoms. The summed E-state index contributed by atoms with van der Waals surface area (Å²) < 4.78 is 0. The summed E-state index contributed by atoms with van der Waals surface area (Å²) in [7, 11) is 0. The minimum atomic E-state index is -0.0937. The van der Waals surface area contributed by atoms with Gasteiger partial charge in [0.1, 0.15) is 0 Å². The van der Waals surface area contributed by atoms with Gasteiger partial charge >= 0.3 is 0 Å². The summed E-state index contributed by atoms with van der Waals surface area (Å²) in [5.41, 5.74) is 10.2. The van der Waals surface area contributed by atoms with E-state index in [9.17, 15) is 4.79 Å². The normalized spacial score (nSPS) is 11.9. The van der Waals surface area contributed by atoms with E-state index in [2.05, 4.69) is 11.4 Å². The predicted molar refractivity (Wildman–Crippen MR) is 82.7 cm³/mol. The number of carbonyl (C=O) groups excluding carboxylic acids is 1.